The summed E-state index contributed by atoms with van der Waals surface area (Å²) in [5, 5.41) is 3.36. The summed E-state index contributed by atoms with van der Waals surface area (Å²) in [4.78, 5) is 0. The zero-order valence-corrected chi connectivity index (χ0v) is 40.7. The van der Waals surface area contributed by atoms with Gasteiger partial charge < -0.3 is 0 Å². The van der Waals surface area contributed by atoms with Gasteiger partial charge in [-0.25, -0.2) is 0 Å². The second-order valence-electron chi connectivity index (χ2n) is 19.8. The van der Waals surface area contributed by atoms with Crippen molar-refractivity contribution in [3.8, 4) is 33.4 Å². The van der Waals surface area contributed by atoms with Gasteiger partial charge in [0.2, 0.25) is 0 Å². The topological polar surface area (TPSA) is 0 Å². The van der Waals surface area contributed by atoms with Crippen molar-refractivity contribution in [1.29, 1.82) is 0 Å². The molecule has 2 unspecified atom stereocenters. The molecule has 0 radical (unpaired) electrons. The van der Waals surface area contributed by atoms with Crippen LogP contribution in [-0.2, 0) is 21.8 Å². The summed E-state index contributed by atoms with van der Waals surface area (Å²) in [7, 11) is -0.657. The molecule has 9 rings (SSSR count). The fourth-order valence-corrected chi connectivity index (χ4v) is 25.9. The molecule has 291 valence electrons. The van der Waals surface area contributed by atoms with Crippen LogP contribution in [0.4, 0.5) is 0 Å². The maximum atomic E-state index is 2.69. The molecule has 2 heteroatoms. The van der Waals surface area contributed by atoms with E-state index in [1.807, 2.05) is 0 Å². The van der Waals surface area contributed by atoms with E-state index in [1.165, 1.54) is 77.9 Å². The number of hydrogen-bond donors (Lipinski definition) is 0. The quantitative estimate of drug-likeness (QED) is 0.151. The fraction of sp³-hybridized carbons (Fsp3) is 0.286. The van der Waals surface area contributed by atoms with E-state index in [2.05, 4.69) is 198 Å². The van der Waals surface area contributed by atoms with Gasteiger partial charge in [0.25, 0.3) is 0 Å². The summed E-state index contributed by atoms with van der Waals surface area (Å²) in [6.45, 7) is 28.7. The Bertz CT molecular complexity index is 2600. The van der Waals surface area contributed by atoms with Gasteiger partial charge in [0.15, 0.2) is 0 Å². The minimum atomic E-state index is -3.00. The maximum absolute atomic E-state index is 3.00. The molecule has 1 aliphatic heterocycles. The molecule has 0 saturated heterocycles. The SMILES string of the molecule is Cc1cc(C)c(C)c(-c2cccc3c2C=C(C(C)(C)C)[CH]3[Zr]([c]2cccc3c2[SiH2]c2ccccc2-3)[CH]2C(C(C)(C)C)=Cc3c(-c4cc(C)cc(C)c4C)cccc32)c1. The van der Waals surface area contributed by atoms with Crippen LogP contribution in [0.5, 0.6) is 0 Å². The standard InChI is InChI=1S/2C22H25.C12H9Si.Zr/c2*1-14-10-15(2)16(3)20(11-14)19-9-7-8-17-12-18(13-21(17)19)22(4,5)6;1-3-7-11-9(5-1)10-6-2-4-8-12(10)13-11;/h2*7-13H,1-6H3;1-7H,13H2;. The second-order valence-corrected chi connectivity index (χ2v) is 28.0. The Balaban J connectivity index is 1.36. The third-order valence-corrected chi connectivity index (χ3v) is 25.6. The van der Waals surface area contributed by atoms with Crippen molar-refractivity contribution in [1.82, 2.24) is 0 Å². The van der Waals surface area contributed by atoms with Crippen molar-refractivity contribution < 1.29 is 21.8 Å². The first kappa shape index (κ1) is 39.4. The van der Waals surface area contributed by atoms with E-state index >= 15 is 0 Å². The summed E-state index contributed by atoms with van der Waals surface area (Å²) < 4.78 is 2.58. The van der Waals surface area contributed by atoms with Crippen molar-refractivity contribution in [3.05, 3.63) is 170 Å². The predicted octanol–water partition coefficient (Wildman–Crippen LogP) is 12.6. The fourth-order valence-electron chi connectivity index (χ4n) is 10.8. The van der Waals surface area contributed by atoms with Gasteiger partial charge >= 0.3 is 362 Å². The molecule has 6 aromatic rings. The Morgan fingerprint density at radius 3 is 1.41 bits per heavy atom. The Kier molecular flexibility index (Phi) is 9.69. The number of fused-ring (bicyclic) bond motifs is 5. The average molecular weight is 851 g/mol. The first-order valence-electron chi connectivity index (χ1n) is 21.5. The molecule has 1 heterocycles. The Hall–Kier alpha value is -4.10. The monoisotopic (exact) mass is 849 g/mol. The van der Waals surface area contributed by atoms with Crippen molar-refractivity contribution in [2.75, 3.05) is 0 Å². The van der Waals surface area contributed by atoms with Crippen molar-refractivity contribution in [2.45, 2.75) is 90.3 Å². The molecule has 2 aliphatic carbocycles. The number of rotatable bonds is 5. The van der Waals surface area contributed by atoms with Gasteiger partial charge in [0, 0.05) is 0 Å². The zero-order chi connectivity index (χ0) is 41.0. The van der Waals surface area contributed by atoms with Crippen molar-refractivity contribution in [3.63, 3.8) is 0 Å². The Morgan fingerprint density at radius 1 is 0.466 bits per heavy atom. The van der Waals surface area contributed by atoms with E-state index in [4.69, 9.17) is 0 Å². The molecule has 0 fully saturated rings. The van der Waals surface area contributed by atoms with Crippen LogP contribution in [0.2, 0.25) is 0 Å². The van der Waals surface area contributed by atoms with Gasteiger partial charge in [0.1, 0.15) is 0 Å². The predicted molar refractivity (Wildman–Crippen MR) is 252 cm³/mol. The molecule has 0 saturated carbocycles. The average Bonchev–Trinajstić information content (AvgIpc) is 3.88. The Morgan fingerprint density at radius 2 is 0.914 bits per heavy atom. The van der Waals surface area contributed by atoms with E-state index in [0.717, 1.165) is 0 Å². The molecule has 3 aliphatic rings. The van der Waals surface area contributed by atoms with Crippen LogP contribution in [0.15, 0.2) is 114 Å². The van der Waals surface area contributed by atoms with Crippen LogP contribution in [0.25, 0.3) is 45.5 Å². The number of hydrogen-bond acceptors (Lipinski definition) is 0. The Labute approximate surface area is 359 Å². The summed E-state index contributed by atoms with van der Waals surface area (Å²) in [6, 6.07) is 41.1. The molecule has 0 N–H and O–H groups in total. The van der Waals surface area contributed by atoms with Crippen molar-refractivity contribution in [2.24, 2.45) is 10.8 Å². The van der Waals surface area contributed by atoms with E-state index in [0.29, 0.717) is 7.25 Å². The minimum absolute atomic E-state index is 0.00771. The van der Waals surface area contributed by atoms with E-state index < -0.39 is 31.3 Å². The van der Waals surface area contributed by atoms with Crippen molar-refractivity contribution >= 4 is 35.3 Å². The summed E-state index contributed by atoms with van der Waals surface area (Å²) in [6.07, 6.45) is 5.38. The van der Waals surface area contributed by atoms with E-state index in [9.17, 15) is 0 Å². The van der Waals surface area contributed by atoms with Gasteiger partial charge in [-0.15, -0.1) is 0 Å². The third-order valence-electron chi connectivity index (χ3n) is 13.8. The summed E-state index contributed by atoms with van der Waals surface area (Å²) in [5.74, 6) is 0. The molecular weight excluding hydrogens is 792 g/mol. The van der Waals surface area contributed by atoms with Crippen LogP contribution in [-0.4, -0.2) is 9.52 Å². The first-order chi connectivity index (χ1) is 27.5. The molecule has 0 bridgehead atoms. The summed E-state index contributed by atoms with van der Waals surface area (Å²) >= 11 is -3.00. The molecule has 0 nitrogen and oxygen atoms in total. The van der Waals surface area contributed by atoms with E-state index in [1.54, 1.807) is 35.9 Å². The third kappa shape index (κ3) is 6.40. The van der Waals surface area contributed by atoms with Gasteiger partial charge in [0.05, 0.1) is 0 Å². The molecular formula is C56H59SiZr. The van der Waals surface area contributed by atoms with E-state index in [-0.39, 0.29) is 10.8 Å². The van der Waals surface area contributed by atoms with Gasteiger partial charge in [-0.2, -0.15) is 0 Å². The van der Waals surface area contributed by atoms with Crippen LogP contribution >= 0.6 is 0 Å². The normalized spacial score (nSPS) is 17.2. The number of aryl methyl sites for hydroxylation is 4. The van der Waals surface area contributed by atoms with Gasteiger partial charge in [-0.1, -0.05) is 0 Å². The van der Waals surface area contributed by atoms with Crippen LogP contribution in [0, 0.1) is 52.4 Å². The zero-order valence-electron chi connectivity index (χ0n) is 36.8. The van der Waals surface area contributed by atoms with Crippen LogP contribution < -0.4 is 13.6 Å². The van der Waals surface area contributed by atoms with Crippen LogP contribution in [0.3, 0.4) is 0 Å². The molecule has 2 atom stereocenters. The number of allylic oxidation sites excluding steroid dienone is 2. The summed E-state index contributed by atoms with van der Waals surface area (Å²) in [5.41, 5.74) is 26.2. The van der Waals surface area contributed by atoms with Gasteiger partial charge in [-0.3, -0.25) is 0 Å². The second kappa shape index (κ2) is 14.3. The molecule has 0 aromatic heterocycles. The molecule has 6 aromatic carbocycles. The first-order valence-corrected chi connectivity index (χ1v) is 26.9. The molecule has 0 amide bonds. The molecule has 0 spiro atoms. The van der Waals surface area contributed by atoms with Gasteiger partial charge in [-0.05, 0) is 0 Å². The number of benzene rings is 6. The molecule has 58 heavy (non-hydrogen) atoms. The van der Waals surface area contributed by atoms with Crippen LogP contribution in [0.1, 0.15) is 104 Å².